The van der Waals surface area contributed by atoms with Crippen molar-refractivity contribution in [2.75, 3.05) is 6.61 Å². The highest BCUT2D eigenvalue weighted by molar-refractivity contribution is 5.69. The molecule has 0 bridgehead atoms. The molecule has 0 saturated carbocycles. The summed E-state index contributed by atoms with van der Waals surface area (Å²) in [7, 11) is 0. The normalized spacial score (nSPS) is 17.2. The van der Waals surface area contributed by atoms with Crippen LogP contribution in [0, 0.1) is 0 Å². The van der Waals surface area contributed by atoms with Crippen molar-refractivity contribution < 1.29 is 19.4 Å². The van der Waals surface area contributed by atoms with Crippen molar-refractivity contribution in [2.24, 2.45) is 0 Å². The zero-order valence-corrected chi connectivity index (χ0v) is 31.3. The minimum absolute atomic E-state index is 0.348. The Bertz CT molecular complexity index is 688. The fourth-order valence-corrected chi connectivity index (χ4v) is 6.82. The molecule has 5 heteroatoms. The van der Waals surface area contributed by atoms with E-state index in [4.69, 9.17) is 9.47 Å². The van der Waals surface area contributed by atoms with Crippen molar-refractivity contribution in [1.29, 1.82) is 0 Å². The summed E-state index contributed by atoms with van der Waals surface area (Å²) in [6, 6.07) is -0.348. The first-order chi connectivity index (χ1) is 21.6. The van der Waals surface area contributed by atoms with Gasteiger partial charge in [0.05, 0.1) is 18.8 Å². The molecule has 0 spiro atoms. The van der Waals surface area contributed by atoms with Crippen LogP contribution in [-0.4, -0.2) is 46.2 Å². The van der Waals surface area contributed by atoms with Gasteiger partial charge in [-0.15, -0.1) is 0 Å². The highest BCUT2D eigenvalue weighted by Gasteiger charge is 2.48. The summed E-state index contributed by atoms with van der Waals surface area (Å²) in [6.45, 7) is 12.0. The summed E-state index contributed by atoms with van der Waals surface area (Å²) in [5.41, 5.74) is -1.34. The molecule has 1 amide bonds. The molecule has 1 fully saturated rings. The third-order valence-corrected chi connectivity index (χ3v) is 9.66. The van der Waals surface area contributed by atoms with Crippen molar-refractivity contribution in [1.82, 2.24) is 4.90 Å². The van der Waals surface area contributed by atoms with Crippen LogP contribution in [0.15, 0.2) is 0 Å². The van der Waals surface area contributed by atoms with Gasteiger partial charge in [0.1, 0.15) is 11.3 Å². The molecule has 1 heterocycles. The molecule has 268 valence electrons. The van der Waals surface area contributed by atoms with E-state index in [1.807, 2.05) is 34.6 Å². The van der Waals surface area contributed by atoms with E-state index in [1.165, 1.54) is 161 Å². The zero-order valence-electron chi connectivity index (χ0n) is 31.3. The first-order valence-corrected chi connectivity index (χ1v) is 19.9. The van der Waals surface area contributed by atoms with Crippen LogP contribution in [0.2, 0.25) is 0 Å². The van der Waals surface area contributed by atoms with E-state index in [-0.39, 0.29) is 6.04 Å². The van der Waals surface area contributed by atoms with Crippen LogP contribution in [-0.2, 0) is 9.47 Å². The van der Waals surface area contributed by atoms with Gasteiger partial charge in [0.15, 0.2) is 0 Å². The number of carbonyl (C=O) groups excluding carboxylic acids is 1. The van der Waals surface area contributed by atoms with Crippen LogP contribution in [0.5, 0.6) is 0 Å². The number of nitrogens with zero attached hydrogens (tertiary/aromatic N) is 1. The lowest BCUT2D eigenvalue weighted by Gasteiger charge is -2.36. The Balaban J connectivity index is 1.85. The number of hydrogen-bond donors (Lipinski definition) is 1. The van der Waals surface area contributed by atoms with Crippen molar-refractivity contribution >= 4 is 6.09 Å². The molecular weight excluding hydrogens is 558 g/mol. The molecule has 1 rings (SSSR count). The third-order valence-electron chi connectivity index (χ3n) is 9.66. The molecule has 1 aliphatic heterocycles. The molecule has 0 unspecified atom stereocenters. The van der Waals surface area contributed by atoms with Crippen LogP contribution >= 0.6 is 0 Å². The van der Waals surface area contributed by atoms with Gasteiger partial charge in [0.25, 0.3) is 0 Å². The number of amides is 1. The molecule has 0 radical (unpaired) electrons. The summed E-state index contributed by atoms with van der Waals surface area (Å²) in [5, 5.41) is 10.9. The summed E-state index contributed by atoms with van der Waals surface area (Å²) < 4.78 is 11.4. The van der Waals surface area contributed by atoms with Crippen molar-refractivity contribution in [3.05, 3.63) is 0 Å². The Labute approximate surface area is 281 Å². The number of ether oxygens (including phenoxy) is 2. The fourth-order valence-electron chi connectivity index (χ4n) is 6.82. The molecular formula is C40H79NO4. The fraction of sp³-hybridized carbons (Fsp3) is 0.975. The predicted molar refractivity (Wildman–Crippen MR) is 193 cm³/mol. The maximum atomic E-state index is 12.8. The molecule has 5 nitrogen and oxygen atoms in total. The maximum Gasteiger partial charge on any atom is 0.412 e. The van der Waals surface area contributed by atoms with Gasteiger partial charge in [-0.3, -0.25) is 4.90 Å². The quantitative estimate of drug-likeness (QED) is 0.0829. The minimum Gasteiger partial charge on any atom is -0.444 e. The zero-order chi connectivity index (χ0) is 33.2. The second kappa shape index (κ2) is 26.2. The first-order valence-electron chi connectivity index (χ1n) is 19.9. The van der Waals surface area contributed by atoms with Crippen LogP contribution in [0.3, 0.4) is 0 Å². The van der Waals surface area contributed by atoms with Crippen molar-refractivity contribution in [3.63, 3.8) is 0 Å². The van der Waals surface area contributed by atoms with Crippen LogP contribution < -0.4 is 0 Å². The van der Waals surface area contributed by atoms with E-state index in [1.54, 1.807) is 4.90 Å². The highest BCUT2D eigenvalue weighted by Crippen LogP contribution is 2.32. The van der Waals surface area contributed by atoms with Gasteiger partial charge >= 0.3 is 6.09 Å². The van der Waals surface area contributed by atoms with E-state index in [9.17, 15) is 9.90 Å². The Morgan fingerprint density at radius 2 is 0.978 bits per heavy atom. The third kappa shape index (κ3) is 22.4. The number of aliphatic hydroxyl groups is 1. The summed E-state index contributed by atoms with van der Waals surface area (Å²) >= 11 is 0. The van der Waals surface area contributed by atoms with Gasteiger partial charge in [-0.25, -0.2) is 4.79 Å². The number of aliphatic hydroxyl groups excluding tert-OH is 1. The number of carbonyl (C=O) groups is 1. The average Bonchev–Trinajstić information content (AvgIpc) is 3.30. The Morgan fingerprint density at radius 1 is 0.667 bits per heavy atom. The molecule has 0 aromatic carbocycles. The molecule has 2 atom stereocenters. The SMILES string of the molecule is CCCCCCCCCCCCCCCCCCCCCCCCCCCCC[C@@H](O)[C@@H]1COC(C)(C)N1C(=O)OC(C)(C)C. The molecule has 45 heavy (non-hydrogen) atoms. The number of hydrogen-bond acceptors (Lipinski definition) is 4. The molecule has 0 aromatic rings. The smallest absolute Gasteiger partial charge is 0.412 e. The van der Waals surface area contributed by atoms with E-state index in [0.29, 0.717) is 13.0 Å². The van der Waals surface area contributed by atoms with Gasteiger partial charge in [-0.1, -0.05) is 180 Å². The molecule has 1 aliphatic rings. The molecule has 1 saturated heterocycles. The lowest BCUT2D eigenvalue weighted by Crippen LogP contribution is -2.53. The van der Waals surface area contributed by atoms with Crippen LogP contribution in [0.25, 0.3) is 0 Å². The monoisotopic (exact) mass is 638 g/mol. The highest BCUT2D eigenvalue weighted by atomic mass is 16.6. The summed E-state index contributed by atoms with van der Waals surface area (Å²) in [6.07, 6.45) is 37.3. The van der Waals surface area contributed by atoms with Gasteiger partial charge in [0.2, 0.25) is 0 Å². The van der Waals surface area contributed by atoms with E-state index < -0.39 is 23.5 Å². The second-order valence-electron chi connectivity index (χ2n) is 15.7. The lowest BCUT2D eigenvalue weighted by atomic mass is 10.0. The molecule has 1 N–H and O–H groups in total. The lowest BCUT2D eigenvalue weighted by molar-refractivity contribution is -0.0681. The number of rotatable bonds is 29. The van der Waals surface area contributed by atoms with Crippen LogP contribution in [0.1, 0.15) is 221 Å². The molecule has 0 aliphatic carbocycles. The number of unbranched alkanes of at least 4 members (excludes halogenated alkanes) is 26. The van der Waals surface area contributed by atoms with E-state index in [0.717, 1.165) is 12.8 Å². The van der Waals surface area contributed by atoms with Crippen molar-refractivity contribution in [3.8, 4) is 0 Å². The summed E-state index contributed by atoms with van der Waals surface area (Å²) in [5.74, 6) is 0. The van der Waals surface area contributed by atoms with Crippen LogP contribution in [0.4, 0.5) is 4.79 Å². The van der Waals surface area contributed by atoms with E-state index >= 15 is 0 Å². The van der Waals surface area contributed by atoms with Gasteiger partial charge in [0, 0.05) is 0 Å². The first kappa shape index (κ1) is 42.2. The Kier molecular flexibility index (Phi) is 24.6. The topological polar surface area (TPSA) is 59.0 Å². The average molecular weight is 638 g/mol. The van der Waals surface area contributed by atoms with Gasteiger partial charge in [-0.05, 0) is 41.0 Å². The van der Waals surface area contributed by atoms with Gasteiger partial charge < -0.3 is 14.6 Å². The Hall–Kier alpha value is -0.810. The minimum atomic E-state index is -0.764. The largest absolute Gasteiger partial charge is 0.444 e. The van der Waals surface area contributed by atoms with E-state index in [2.05, 4.69) is 6.92 Å². The standard InChI is InChI=1S/C40H79NO4/c1-7-8-9-10-11-12-13-14-15-16-17-18-19-20-21-22-23-24-25-26-27-28-29-30-31-32-33-34-37(42)36-35-44-40(5,6)41(36)38(43)45-39(2,3)4/h36-37,42H,7-35H2,1-6H3/t36-,37+/m0/s1. The van der Waals surface area contributed by atoms with Crippen molar-refractivity contribution in [2.45, 2.75) is 245 Å². The maximum absolute atomic E-state index is 12.8. The molecule has 0 aromatic heterocycles. The second-order valence-corrected chi connectivity index (χ2v) is 15.7. The van der Waals surface area contributed by atoms with Gasteiger partial charge in [-0.2, -0.15) is 0 Å². The Morgan fingerprint density at radius 3 is 1.29 bits per heavy atom. The predicted octanol–water partition coefficient (Wildman–Crippen LogP) is 12.7. The summed E-state index contributed by atoms with van der Waals surface area (Å²) in [4.78, 5) is 14.4.